The van der Waals surface area contributed by atoms with Crippen molar-refractivity contribution in [2.45, 2.75) is 72.3 Å². The van der Waals surface area contributed by atoms with Crippen LogP contribution in [0.25, 0.3) is 0 Å². The maximum atomic E-state index is 5.52. The van der Waals surface area contributed by atoms with Gasteiger partial charge in [0.15, 0.2) is 0 Å². The molecule has 1 N–H and O–H groups in total. The first-order valence-electron chi connectivity index (χ1n) is 8.36. The number of nitrogens with one attached hydrogen (secondary N) is 1. The van der Waals surface area contributed by atoms with Crippen molar-refractivity contribution in [3.05, 3.63) is 23.0 Å². The molecular weight excluding hydrogens is 260 g/mol. The number of hydrogen-bond acceptors (Lipinski definition) is 3. The number of ether oxygens (including phenoxy) is 1. The molecule has 0 bridgehead atoms. The van der Waals surface area contributed by atoms with E-state index in [0.717, 1.165) is 24.3 Å². The predicted octanol–water partition coefficient (Wildman–Crippen LogP) is 4.20. The normalized spacial score (nSPS) is 12.4. The average molecular weight is 292 g/mol. The highest BCUT2D eigenvalue weighted by atomic mass is 16.5. The van der Waals surface area contributed by atoms with Gasteiger partial charge in [0.1, 0.15) is 5.75 Å². The van der Waals surface area contributed by atoms with Crippen LogP contribution in [0.15, 0.2) is 6.20 Å². The second-order valence-electron chi connectivity index (χ2n) is 5.90. The minimum Gasteiger partial charge on any atom is -0.496 e. The smallest absolute Gasteiger partial charge is 0.128 e. The minimum absolute atomic E-state index is 0.523. The average Bonchev–Trinajstić information content (AvgIpc) is 2.48. The summed E-state index contributed by atoms with van der Waals surface area (Å²) in [7, 11) is 1.74. The van der Waals surface area contributed by atoms with Gasteiger partial charge in [0.25, 0.3) is 0 Å². The van der Waals surface area contributed by atoms with Gasteiger partial charge in [0.2, 0.25) is 0 Å². The molecule has 0 aliphatic carbocycles. The van der Waals surface area contributed by atoms with Gasteiger partial charge >= 0.3 is 0 Å². The lowest BCUT2D eigenvalue weighted by Gasteiger charge is -2.20. The fourth-order valence-electron chi connectivity index (χ4n) is 2.78. The van der Waals surface area contributed by atoms with Crippen LogP contribution in [-0.4, -0.2) is 24.7 Å². The minimum atomic E-state index is 0.523. The van der Waals surface area contributed by atoms with E-state index in [1.54, 1.807) is 7.11 Å². The third-order valence-corrected chi connectivity index (χ3v) is 4.03. The topological polar surface area (TPSA) is 34.1 Å². The van der Waals surface area contributed by atoms with Gasteiger partial charge in [-0.05, 0) is 33.2 Å². The lowest BCUT2D eigenvalue weighted by molar-refractivity contribution is 0.404. The van der Waals surface area contributed by atoms with Crippen LogP contribution in [-0.2, 0) is 6.42 Å². The Bertz CT molecular complexity index is 418. The van der Waals surface area contributed by atoms with Crippen LogP contribution in [0, 0.1) is 13.8 Å². The summed E-state index contributed by atoms with van der Waals surface area (Å²) in [6.45, 7) is 9.73. The number of methoxy groups -OCH3 is 1. The highest BCUT2D eigenvalue weighted by Gasteiger charge is 2.14. The fourth-order valence-corrected chi connectivity index (χ4v) is 2.78. The zero-order chi connectivity index (χ0) is 15.7. The number of rotatable bonds is 10. The van der Waals surface area contributed by atoms with Crippen LogP contribution >= 0.6 is 0 Å². The molecule has 3 nitrogen and oxygen atoms in total. The molecule has 0 saturated carbocycles. The second kappa shape index (κ2) is 9.78. The largest absolute Gasteiger partial charge is 0.496 e. The maximum Gasteiger partial charge on any atom is 0.128 e. The summed E-state index contributed by atoms with van der Waals surface area (Å²) in [4.78, 5) is 4.64. The summed E-state index contributed by atoms with van der Waals surface area (Å²) >= 11 is 0. The summed E-state index contributed by atoms with van der Waals surface area (Å²) in [5, 5.41) is 3.68. The van der Waals surface area contributed by atoms with Crippen molar-refractivity contribution >= 4 is 0 Å². The molecule has 21 heavy (non-hydrogen) atoms. The van der Waals surface area contributed by atoms with Crippen molar-refractivity contribution < 1.29 is 4.74 Å². The van der Waals surface area contributed by atoms with Crippen molar-refractivity contribution in [3.63, 3.8) is 0 Å². The van der Waals surface area contributed by atoms with Gasteiger partial charge in [-0.2, -0.15) is 0 Å². The van der Waals surface area contributed by atoms with E-state index in [-0.39, 0.29) is 0 Å². The van der Waals surface area contributed by atoms with E-state index in [1.807, 2.05) is 6.20 Å². The van der Waals surface area contributed by atoms with Gasteiger partial charge in [0.05, 0.1) is 7.11 Å². The molecule has 0 saturated heterocycles. The quantitative estimate of drug-likeness (QED) is 0.656. The van der Waals surface area contributed by atoms with Crippen LogP contribution in [0.4, 0.5) is 0 Å². The summed E-state index contributed by atoms with van der Waals surface area (Å²) in [5.74, 6) is 0.989. The number of hydrogen-bond donors (Lipinski definition) is 1. The zero-order valence-corrected chi connectivity index (χ0v) is 14.5. The highest BCUT2D eigenvalue weighted by Crippen LogP contribution is 2.25. The molecule has 0 aromatic carbocycles. The van der Waals surface area contributed by atoms with Crippen molar-refractivity contribution in [2.75, 3.05) is 13.7 Å². The summed E-state index contributed by atoms with van der Waals surface area (Å²) < 4.78 is 5.52. The standard InChI is InChI=1S/C18H32N2O/c1-6-8-9-10-16(19-11-7-2)12-17-15(4)18(21-5)14(3)13-20-17/h13,16,19H,6-12H2,1-5H3. The van der Waals surface area contributed by atoms with E-state index in [0.29, 0.717) is 6.04 Å². The molecule has 1 heterocycles. The van der Waals surface area contributed by atoms with Crippen molar-refractivity contribution in [3.8, 4) is 5.75 Å². The Kier molecular flexibility index (Phi) is 8.36. The number of pyridine rings is 1. The molecule has 0 radical (unpaired) electrons. The number of nitrogens with zero attached hydrogens (tertiary/aromatic N) is 1. The summed E-state index contributed by atoms with van der Waals surface area (Å²) in [6.07, 6.45) is 9.21. The van der Waals surface area contributed by atoms with E-state index >= 15 is 0 Å². The Morgan fingerprint density at radius 3 is 2.57 bits per heavy atom. The van der Waals surface area contributed by atoms with Gasteiger partial charge in [0, 0.05) is 35.5 Å². The van der Waals surface area contributed by atoms with Crippen molar-refractivity contribution in [1.82, 2.24) is 10.3 Å². The van der Waals surface area contributed by atoms with Gasteiger partial charge < -0.3 is 10.1 Å². The monoisotopic (exact) mass is 292 g/mol. The maximum absolute atomic E-state index is 5.52. The van der Waals surface area contributed by atoms with Crippen LogP contribution in [0.2, 0.25) is 0 Å². The summed E-state index contributed by atoms with van der Waals surface area (Å²) in [6, 6.07) is 0.523. The third kappa shape index (κ3) is 5.66. The Balaban J connectivity index is 2.77. The van der Waals surface area contributed by atoms with Gasteiger partial charge in [-0.25, -0.2) is 0 Å². The van der Waals surface area contributed by atoms with E-state index < -0.39 is 0 Å². The van der Waals surface area contributed by atoms with E-state index in [2.05, 4.69) is 38.0 Å². The Morgan fingerprint density at radius 2 is 1.95 bits per heavy atom. The predicted molar refractivity (Wildman–Crippen MR) is 90.2 cm³/mol. The van der Waals surface area contributed by atoms with Crippen molar-refractivity contribution in [2.24, 2.45) is 0 Å². The number of aryl methyl sites for hydroxylation is 1. The molecular formula is C18H32N2O. The van der Waals surface area contributed by atoms with Gasteiger partial charge in [-0.15, -0.1) is 0 Å². The first-order valence-corrected chi connectivity index (χ1v) is 8.36. The molecule has 1 aromatic heterocycles. The van der Waals surface area contributed by atoms with E-state index in [9.17, 15) is 0 Å². The lowest BCUT2D eigenvalue weighted by atomic mass is 10.00. The zero-order valence-electron chi connectivity index (χ0n) is 14.5. The molecule has 120 valence electrons. The third-order valence-electron chi connectivity index (χ3n) is 4.03. The molecule has 3 heteroatoms. The molecule has 0 spiro atoms. The second-order valence-corrected chi connectivity index (χ2v) is 5.90. The molecule has 0 aliphatic rings. The molecule has 0 amide bonds. The number of unbranched alkanes of at least 4 members (excludes halogenated alkanes) is 2. The Labute approximate surface area is 130 Å². The molecule has 0 aliphatic heterocycles. The lowest BCUT2D eigenvalue weighted by Crippen LogP contribution is -2.32. The van der Waals surface area contributed by atoms with Crippen LogP contribution in [0.3, 0.4) is 0 Å². The van der Waals surface area contributed by atoms with Crippen LogP contribution < -0.4 is 10.1 Å². The van der Waals surface area contributed by atoms with Gasteiger partial charge in [-0.1, -0.05) is 33.1 Å². The van der Waals surface area contributed by atoms with Crippen molar-refractivity contribution in [1.29, 1.82) is 0 Å². The highest BCUT2D eigenvalue weighted by molar-refractivity contribution is 5.41. The first kappa shape index (κ1) is 18.0. The van der Waals surface area contributed by atoms with E-state index in [4.69, 9.17) is 4.74 Å². The molecule has 0 fully saturated rings. The SMILES string of the molecule is CCCCCC(Cc1ncc(C)c(OC)c1C)NCCC. The first-order chi connectivity index (χ1) is 10.1. The Hall–Kier alpha value is -1.09. The molecule has 1 aromatic rings. The molecule has 1 unspecified atom stereocenters. The number of aromatic nitrogens is 1. The molecule has 1 rings (SSSR count). The summed E-state index contributed by atoms with van der Waals surface area (Å²) in [5.41, 5.74) is 3.47. The fraction of sp³-hybridized carbons (Fsp3) is 0.722. The van der Waals surface area contributed by atoms with E-state index in [1.165, 1.54) is 43.4 Å². The Morgan fingerprint density at radius 1 is 1.19 bits per heavy atom. The van der Waals surface area contributed by atoms with Crippen LogP contribution in [0.5, 0.6) is 5.75 Å². The molecule has 1 atom stereocenters. The van der Waals surface area contributed by atoms with Gasteiger partial charge in [-0.3, -0.25) is 4.98 Å². The van der Waals surface area contributed by atoms with Crippen LogP contribution in [0.1, 0.15) is 62.8 Å².